The zero-order valence-corrected chi connectivity index (χ0v) is 16.9. The molecule has 0 saturated carbocycles. The van der Waals surface area contributed by atoms with Crippen LogP contribution in [0.15, 0.2) is 40.7 Å². The zero-order chi connectivity index (χ0) is 20.8. The molecule has 3 rings (SSSR count). The van der Waals surface area contributed by atoms with Crippen molar-refractivity contribution in [2.45, 2.75) is 13.0 Å². The SMILES string of the molecule is COc1ccc(CCNC(=O)C2C=NC(=O)N(Cc3cccs3)C2=O)cc1OC. The number of urea groups is 1. The van der Waals surface area contributed by atoms with Gasteiger partial charge in [0.15, 0.2) is 17.4 Å². The molecule has 2 aromatic rings. The van der Waals surface area contributed by atoms with E-state index in [1.807, 2.05) is 29.6 Å². The fourth-order valence-electron chi connectivity index (χ4n) is 2.89. The van der Waals surface area contributed by atoms with E-state index >= 15 is 0 Å². The third-order valence-corrected chi connectivity index (χ3v) is 5.30. The number of imide groups is 1. The van der Waals surface area contributed by atoms with Gasteiger partial charge in [0.25, 0.3) is 0 Å². The van der Waals surface area contributed by atoms with Gasteiger partial charge < -0.3 is 14.8 Å². The van der Waals surface area contributed by atoms with Crippen molar-refractivity contribution in [2.24, 2.45) is 10.9 Å². The third kappa shape index (κ3) is 4.80. The number of benzene rings is 1. The van der Waals surface area contributed by atoms with Crippen LogP contribution in [0.2, 0.25) is 0 Å². The van der Waals surface area contributed by atoms with E-state index in [1.165, 1.54) is 11.3 Å². The lowest BCUT2D eigenvalue weighted by Gasteiger charge is -2.24. The highest BCUT2D eigenvalue weighted by molar-refractivity contribution is 7.09. The maximum Gasteiger partial charge on any atom is 0.350 e. The molecule has 0 saturated heterocycles. The Kier molecular flexibility index (Phi) is 6.61. The van der Waals surface area contributed by atoms with E-state index in [4.69, 9.17) is 9.47 Å². The third-order valence-electron chi connectivity index (χ3n) is 4.43. The molecule has 29 heavy (non-hydrogen) atoms. The van der Waals surface area contributed by atoms with Crippen LogP contribution in [0.3, 0.4) is 0 Å². The lowest BCUT2D eigenvalue weighted by Crippen LogP contribution is -2.48. The lowest BCUT2D eigenvalue weighted by molar-refractivity contribution is -0.137. The maximum absolute atomic E-state index is 12.6. The molecule has 0 aliphatic carbocycles. The average molecular weight is 415 g/mol. The fourth-order valence-corrected chi connectivity index (χ4v) is 3.59. The first-order chi connectivity index (χ1) is 14.0. The summed E-state index contributed by atoms with van der Waals surface area (Å²) in [6.07, 6.45) is 1.66. The number of hydrogen-bond donors (Lipinski definition) is 1. The molecule has 0 radical (unpaired) electrons. The highest BCUT2D eigenvalue weighted by Crippen LogP contribution is 2.27. The second-order valence-electron chi connectivity index (χ2n) is 6.27. The van der Waals surface area contributed by atoms with Crippen molar-refractivity contribution >= 4 is 35.4 Å². The number of carbonyl (C=O) groups is 3. The van der Waals surface area contributed by atoms with E-state index in [9.17, 15) is 14.4 Å². The van der Waals surface area contributed by atoms with Gasteiger partial charge in [0.1, 0.15) is 0 Å². The summed E-state index contributed by atoms with van der Waals surface area (Å²) in [7, 11) is 3.12. The second-order valence-corrected chi connectivity index (χ2v) is 7.30. The zero-order valence-electron chi connectivity index (χ0n) is 16.1. The molecule has 9 heteroatoms. The smallest absolute Gasteiger partial charge is 0.350 e. The van der Waals surface area contributed by atoms with E-state index in [0.717, 1.165) is 21.6 Å². The maximum atomic E-state index is 12.6. The number of nitrogens with zero attached hydrogens (tertiary/aromatic N) is 2. The van der Waals surface area contributed by atoms with Crippen LogP contribution in [0.4, 0.5) is 4.79 Å². The molecule has 0 fully saturated rings. The predicted molar refractivity (Wildman–Crippen MR) is 109 cm³/mol. The van der Waals surface area contributed by atoms with Crippen molar-refractivity contribution < 1.29 is 23.9 Å². The first kappa shape index (κ1) is 20.5. The molecule has 1 N–H and O–H groups in total. The normalized spacial score (nSPS) is 16.1. The van der Waals surface area contributed by atoms with Crippen LogP contribution < -0.4 is 14.8 Å². The van der Waals surface area contributed by atoms with Crippen LogP contribution in [-0.4, -0.2) is 49.7 Å². The van der Waals surface area contributed by atoms with Crippen LogP contribution >= 0.6 is 11.3 Å². The largest absolute Gasteiger partial charge is 0.493 e. The van der Waals surface area contributed by atoms with Crippen molar-refractivity contribution in [2.75, 3.05) is 20.8 Å². The topological polar surface area (TPSA) is 97.3 Å². The van der Waals surface area contributed by atoms with Gasteiger partial charge in [-0.1, -0.05) is 12.1 Å². The molecule has 1 aliphatic heterocycles. The van der Waals surface area contributed by atoms with E-state index in [1.54, 1.807) is 20.3 Å². The molecule has 1 aromatic heterocycles. The van der Waals surface area contributed by atoms with E-state index < -0.39 is 23.8 Å². The van der Waals surface area contributed by atoms with Gasteiger partial charge in [0, 0.05) is 17.6 Å². The van der Waals surface area contributed by atoms with E-state index in [2.05, 4.69) is 10.3 Å². The van der Waals surface area contributed by atoms with Crippen molar-refractivity contribution in [1.82, 2.24) is 10.2 Å². The first-order valence-electron chi connectivity index (χ1n) is 8.94. The Bertz CT molecular complexity index is 926. The fraction of sp³-hybridized carbons (Fsp3) is 0.300. The number of amides is 4. The van der Waals surface area contributed by atoms with Gasteiger partial charge in [-0.2, -0.15) is 0 Å². The highest BCUT2D eigenvalue weighted by atomic mass is 32.1. The van der Waals surface area contributed by atoms with Gasteiger partial charge in [-0.25, -0.2) is 9.79 Å². The van der Waals surface area contributed by atoms with Gasteiger partial charge in [-0.05, 0) is 35.6 Å². The molecule has 0 spiro atoms. The second kappa shape index (κ2) is 9.33. The minimum Gasteiger partial charge on any atom is -0.493 e. The van der Waals surface area contributed by atoms with Crippen LogP contribution in [0.1, 0.15) is 10.4 Å². The quantitative estimate of drug-likeness (QED) is 0.667. The minimum atomic E-state index is -1.11. The molecule has 2 heterocycles. The summed E-state index contributed by atoms with van der Waals surface area (Å²) in [5.74, 6) is -0.934. The Hall–Kier alpha value is -3.20. The van der Waals surface area contributed by atoms with E-state index in [0.29, 0.717) is 24.5 Å². The Morgan fingerprint density at radius 2 is 2.00 bits per heavy atom. The van der Waals surface area contributed by atoms with E-state index in [-0.39, 0.29) is 6.54 Å². The monoisotopic (exact) mass is 415 g/mol. The summed E-state index contributed by atoms with van der Waals surface area (Å²) in [4.78, 5) is 42.6. The van der Waals surface area contributed by atoms with Crippen LogP contribution in [-0.2, 0) is 22.6 Å². The van der Waals surface area contributed by atoms with Crippen molar-refractivity contribution in [3.8, 4) is 11.5 Å². The number of aliphatic imine (C=N–C) groups is 1. The summed E-state index contributed by atoms with van der Waals surface area (Å²) in [6.45, 7) is 0.437. The molecular formula is C20H21N3O5S. The Balaban J connectivity index is 1.58. The van der Waals surface area contributed by atoms with Gasteiger partial charge >= 0.3 is 6.03 Å². The van der Waals surface area contributed by atoms with Gasteiger partial charge in [0.05, 0.1) is 20.8 Å². The summed E-state index contributed by atoms with van der Waals surface area (Å²) < 4.78 is 10.5. The number of methoxy groups -OCH3 is 2. The summed E-state index contributed by atoms with van der Waals surface area (Å²) in [5.41, 5.74) is 0.945. The molecule has 1 unspecified atom stereocenters. The Labute approximate surface area is 172 Å². The summed E-state index contributed by atoms with van der Waals surface area (Å²) in [6, 6.07) is 8.50. The highest BCUT2D eigenvalue weighted by Gasteiger charge is 2.36. The number of ether oxygens (including phenoxy) is 2. The lowest BCUT2D eigenvalue weighted by atomic mass is 10.1. The van der Waals surface area contributed by atoms with Crippen LogP contribution in [0.25, 0.3) is 0 Å². The molecule has 1 aromatic carbocycles. The standard InChI is InChI=1S/C20H21N3O5S/c1-27-16-6-5-13(10-17(16)28-2)7-8-21-18(24)15-11-22-20(26)23(19(15)25)12-14-4-3-9-29-14/h3-6,9-11,15H,7-8,12H2,1-2H3,(H,21,24). The minimum absolute atomic E-state index is 0.113. The number of carbonyl (C=O) groups excluding carboxylic acids is 3. The number of thiophene rings is 1. The summed E-state index contributed by atoms with van der Waals surface area (Å²) in [5, 5.41) is 4.59. The molecule has 152 valence electrons. The van der Waals surface area contributed by atoms with Gasteiger partial charge in [-0.3, -0.25) is 14.5 Å². The Morgan fingerprint density at radius 1 is 1.21 bits per heavy atom. The Morgan fingerprint density at radius 3 is 2.69 bits per heavy atom. The number of hydrogen-bond acceptors (Lipinski definition) is 6. The molecule has 1 atom stereocenters. The van der Waals surface area contributed by atoms with Crippen molar-refractivity contribution in [3.05, 3.63) is 46.2 Å². The van der Waals surface area contributed by atoms with Crippen molar-refractivity contribution in [3.63, 3.8) is 0 Å². The molecule has 8 nitrogen and oxygen atoms in total. The number of nitrogens with one attached hydrogen (secondary N) is 1. The number of rotatable bonds is 8. The van der Waals surface area contributed by atoms with Crippen LogP contribution in [0.5, 0.6) is 11.5 Å². The van der Waals surface area contributed by atoms with Gasteiger partial charge in [0.2, 0.25) is 11.8 Å². The van der Waals surface area contributed by atoms with Crippen molar-refractivity contribution in [1.29, 1.82) is 0 Å². The molecule has 0 bridgehead atoms. The van der Waals surface area contributed by atoms with Crippen LogP contribution in [0, 0.1) is 5.92 Å². The van der Waals surface area contributed by atoms with Gasteiger partial charge in [-0.15, -0.1) is 11.3 Å². The molecule has 4 amide bonds. The molecule has 1 aliphatic rings. The average Bonchev–Trinajstić information content (AvgIpc) is 3.24. The first-order valence-corrected chi connectivity index (χ1v) is 9.82. The summed E-state index contributed by atoms with van der Waals surface area (Å²) >= 11 is 1.43. The molecular weight excluding hydrogens is 394 g/mol. The predicted octanol–water partition coefficient (Wildman–Crippen LogP) is 2.27.